The highest BCUT2D eigenvalue weighted by molar-refractivity contribution is 8.02. The molecular weight excluding hydrogens is 368 g/mol. The standard InChI is InChI=1S/C18H14N4O2S2/c1-18(15(23)19-12-9-5-6-10-13(12)26-18)16(24)20-17-22-21-14(25-17)11-7-3-2-4-8-11/h2-10H,1H3,(H,19,23)(H,20,22,24). The summed E-state index contributed by atoms with van der Waals surface area (Å²) in [7, 11) is 0. The molecule has 2 heterocycles. The number of rotatable bonds is 3. The van der Waals surface area contributed by atoms with Crippen LogP contribution in [0.5, 0.6) is 0 Å². The van der Waals surface area contributed by atoms with Crippen LogP contribution in [-0.2, 0) is 9.59 Å². The lowest BCUT2D eigenvalue weighted by atomic mass is 10.1. The van der Waals surface area contributed by atoms with Crippen molar-refractivity contribution in [3.05, 3.63) is 54.6 Å². The van der Waals surface area contributed by atoms with Gasteiger partial charge in [0.2, 0.25) is 11.0 Å². The Morgan fingerprint density at radius 2 is 1.81 bits per heavy atom. The molecule has 0 saturated carbocycles. The molecule has 0 bridgehead atoms. The van der Waals surface area contributed by atoms with E-state index in [0.717, 1.165) is 16.1 Å². The molecule has 6 nitrogen and oxygen atoms in total. The second-order valence-electron chi connectivity index (χ2n) is 5.82. The van der Waals surface area contributed by atoms with Crippen LogP contribution in [0.4, 0.5) is 10.8 Å². The molecule has 2 amide bonds. The maximum atomic E-state index is 12.8. The van der Waals surface area contributed by atoms with Crippen molar-refractivity contribution in [2.75, 3.05) is 10.6 Å². The molecule has 1 aliphatic heterocycles. The van der Waals surface area contributed by atoms with Gasteiger partial charge in [0.1, 0.15) is 5.01 Å². The van der Waals surface area contributed by atoms with Crippen molar-refractivity contribution in [3.8, 4) is 10.6 Å². The first-order valence-corrected chi connectivity index (χ1v) is 9.49. The number of hydrogen-bond donors (Lipinski definition) is 2. The molecule has 0 aliphatic carbocycles. The van der Waals surface area contributed by atoms with Gasteiger partial charge in [-0.2, -0.15) is 0 Å². The summed E-state index contributed by atoms with van der Waals surface area (Å²) in [5.41, 5.74) is 1.64. The van der Waals surface area contributed by atoms with E-state index in [1.54, 1.807) is 6.92 Å². The summed E-state index contributed by atoms with van der Waals surface area (Å²) >= 11 is 2.50. The van der Waals surface area contributed by atoms with Crippen molar-refractivity contribution in [1.82, 2.24) is 10.2 Å². The van der Waals surface area contributed by atoms with Crippen LogP contribution in [0, 0.1) is 0 Å². The number of benzene rings is 2. The second-order valence-corrected chi connectivity index (χ2v) is 8.26. The normalized spacial score (nSPS) is 18.7. The Morgan fingerprint density at radius 1 is 1.08 bits per heavy atom. The summed E-state index contributed by atoms with van der Waals surface area (Å²) in [4.78, 5) is 26.2. The van der Waals surface area contributed by atoms with Crippen LogP contribution in [0.2, 0.25) is 0 Å². The molecule has 4 rings (SSSR count). The number of thioether (sulfide) groups is 1. The third-order valence-corrected chi connectivity index (χ3v) is 6.22. The van der Waals surface area contributed by atoms with E-state index >= 15 is 0 Å². The number of carbonyl (C=O) groups is 2. The van der Waals surface area contributed by atoms with E-state index in [9.17, 15) is 9.59 Å². The van der Waals surface area contributed by atoms with Crippen LogP contribution in [-0.4, -0.2) is 26.8 Å². The third-order valence-electron chi connectivity index (χ3n) is 3.98. The van der Waals surface area contributed by atoms with Crippen LogP contribution in [0.25, 0.3) is 10.6 Å². The molecule has 1 unspecified atom stereocenters. The Bertz CT molecular complexity index is 990. The molecule has 2 aromatic carbocycles. The van der Waals surface area contributed by atoms with Gasteiger partial charge in [0.25, 0.3) is 5.91 Å². The van der Waals surface area contributed by atoms with Crippen LogP contribution in [0.1, 0.15) is 6.92 Å². The summed E-state index contributed by atoms with van der Waals surface area (Å²) in [5, 5.41) is 14.7. The van der Waals surface area contributed by atoms with E-state index in [1.807, 2.05) is 54.6 Å². The number of amides is 2. The van der Waals surface area contributed by atoms with Crippen LogP contribution in [0.15, 0.2) is 59.5 Å². The lowest BCUT2D eigenvalue weighted by molar-refractivity contribution is -0.126. The number of nitrogens with zero attached hydrogens (tertiary/aromatic N) is 2. The van der Waals surface area contributed by atoms with E-state index in [-0.39, 0.29) is 5.91 Å². The molecule has 1 aromatic heterocycles. The highest BCUT2D eigenvalue weighted by Crippen LogP contribution is 2.43. The smallest absolute Gasteiger partial charge is 0.252 e. The van der Waals surface area contributed by atoms with Crippen LogP contribution >= 0.6 is 23.1 Å². The van der Waals surface area contributed by atoms with Crippen molar-refractivity contribution in [1.29, 1.82) is 0 Å². The van der Waals surface area contributed by atoms with Crippen molar-refractivity contribution in [3.63, 3.8) is 0 Å². The maximum absolute atomic E-state index is 12.8. The SMILES string of the molecule is CC1(C(=O)Nc2nnc(-c3ccccc3)s2)Sc2ccccc2NC1=O. The van der Waals surface area contributed by atoms with Crippen LogP contribution in [0.3, 0.4) is 0 Å². The summed E-state index contributed by atoms with van der Waals surface area (Å²) in [6.45, 7) is 1.61. The molecular formula is C18H14N4O2S2. The fraction of sp³-hybridized carbons (Fsp3) is 0.111. The first-order valence-electron chi connectivity index (χ1n) is 7.86. The van der Waals surface area contributed by atoms with Crippen molar-refractivity contribution < 1.29 is 9.59 Å². The van der Waals surface area contributed by atoms with Gasteiger partial charge in [0.05, 0.1) is 5.69 Å². The Balaban J connectivity index is 1.55. The topological polar surface area (TPSA) is 84.0 Å². The molecule has 0 fully saturated rings. The van der Waals surface area contributed by atoms with Gasteiger partial charge in [0, 0.05) is 10.5 Å². The molecule has 0 radical (unpaired) electrons. The van der Waals surface area contributed by atoms with Gasteiger partial charge in [-0.1, -0.05) is 65.6 Å². The van der Waals surface area contributed by atoms with Gasteiger partial charge in [-0.15, -0.1) is 10.2 Å². The van der Waals surface area contributed by atoms with Crippen molar-refractivity contribution >= 4 is 45.7 Å². The molecule has 3 aromatic rings. The molecule has 0 saturated heterocycles. The molecule has 26 heavy (non-hydrogen) atoms. The van der Waals surface area contributed by atoms with Crippen molar-refractivity contribution in [2.24, 2.45) is 0 Å². The Morgan fingerprint density at radius 3 is 2.62 bits per heavy atom. The predicted molar refractivity (Wildman–Crippen MR) is 103 cm³/mol. The predicted octanol–water partition coefficient (Wildman–Crippen LogP) is 3.65. The van der Waals surface area contributed by atoms with E-state index in [2.05, 4.69) is 20.8 Å². The lowest BCUT2D eigenvalue weighted by Gasteiger charge is -2.31. The lowest BCUT2D eigenvalue weighted by Crippen LogP contribution is -2.49. The largest absolute Gasteiger partial charge is 0.323 e. The number of hydrogen-bond acceptors (Lipinski definition) is 6. The van der Waals surface area contributed by atoms with E-state index < -0.39 is 10.7 Å². The zero-order chi connectivity index (χ0) is 18.1. The summed E-state index contributed by atoms with van der Waals surface area (Å²) < 4.78 is -1.28. The molecule has 1 atom stereocenters. The van der Waals surface area contributed by atoms with Gasteiger partial charge in [-0.25, -0.2) is 0 Å². The Labute approximate surface area is 158 Å². The van der Waals surface area contributed by atoms with Gasteiger partial charge in [0.15, 0.2) is 4.75 Å². The van der Waals surface area contributed by atoms with Gasteiger partial charge >= 0.3 is 0 Å². The first-order chi connectivity index (χ1) is 12.6. The summed E-state index contributed by atoms with van der Waals surface area (Å²) in [6.07, 6.45) is 0. The highest BCUT2D eigenvalue weighted by atomic mass is 32.2. The number of para-hydroxylation sites is 1. The van der Waals surface area contributed by atoms with E-state index in [1.165, 1.54) is 23.1 Å². The number of carbonyl (C=O) groups excluding carboxylic acids is 2. The van der Waals surface area contributed by atoms with Crippen molar-refractivity contribution in [2.45, 2.75) is 16.6 Å². The highest BCUT2D eigenvalue weighted by Gasteiger charge is 2.46. The molecule has 0 spiro atoms. The number of nitrogens with one attached hydrogen (secondary N) is 2. The second kappa shape index (κ2) is 6.54. The van der Waals surface area contributed by atoms with Gasteiger partial charge in [-0.05, 0) is 19.1 Å². The summed E-state index contributed by atoms with van der Waals surface area (Å²) in [6, 6.07) is 17.0. The Kier molecular flexibility index (Phi) is 4.21. The number of anilines is 2. The third kappa shape index (κ3) is 2.97. The van der Waals surface area contributed by atoms with Gasteiger partial charge < -0.3 is 5.32 Å². The average molecular weight is 382 g/mol. The molecule has 130 valence electrons. The zero-order valence-corrected chi connectivity index (χ0v) is 15.4. The monoisotopic (exact) mass is 382 g/mol. The molecule has 2 N–H and O–H groups in total. The number of aromatic nitrogens is 2. The number of fused-ring (bicyclic) bond motifs is 1. The quantitative estimate of drug-likeness (QED) is 0.676. The first kappa shape index (κ1) is 16.7. The average Bonchev–Trinajstić information content (AvgIpc) is 3.12. The fourth-order valence-electron chi connectivity index (χ4n) is 2.50. The molecule has 8 heteroatoms. The zero-order valence-electron chi connectivity index (χ0n) is 13.7. The van der Waals surface area contributed by atoms with E-state index in [4.69, 9.17) is 0 Å². The maximum Gasteiger partial charge on any atom is 0.252 e. The minimum Gasteiger partial charge on any atom is -0.323 e. The minimum atomic E-state index is -1.28. The Hall–Kier alpha value is -2.71. The fourth-order valence-corrected chi connectivity index (χ4v) is 4.35. The summed E-state index contributed by atoms with van der Waals surface area (Å²) in [5.74, 6) is -0.781. The molecule has 1 aliphatic rings. The van der Waals surface area contributed by atoms with E-state index in [0.29, 0.717) is 10.1 Å². The van der Waals surface area contributed by atoms with Gasteiger partial charge in [-0.3, -0.25) is 14.9 Å². The van der Waals surface area contributed by atoms with Crippen LogP contribution < -0.4 is 10.6 Å². The minimum absolute atomic E-state index is 0.355.